The normalized spacial score (nSPS) is 11.2. The number of guanidine groups is 1. The topological polar surface area (TPSA) is 54.9 Å². The summed E-state index contributed by atoms with van der Waals surface area (Å²) in [4.78, 5) is 4.16. The number of aliphatic imine (C=N–C) groups is 1. The van der Waals surface area contributed by atoms with Crippen LogP contribution < -0.4 is 20.1 Å². The molecule has 0 bridgehead atoms. The fraction of sp³-hybridized carbons (Fsp3) is 0.533. The van der Waals surface area contributed by atoms with Crippen molar-refractivity contribution in [1.29, 1.82) is 0 Å². The summed E-state index contributed by atoms with van der Waals surface area (Å²) in [6.45, 7) is 6.05. The number of rotatable bonds is 7. The maximum absolute atomic E-state index is 6.25. The lowest BCUT2D eigenvalue weighted by atomic mass is 10.2. The number of nitrogens with one attached hydrogen (secondary N) is 2. The molecule has 0 amide bonds. The van der Waals surface area contributed by atoms with Crippen LogP contribution in [0.4, 0.5) is 0 Å². The molecule has 0 unspecified atom stereocenters. The summed E-state index contributed by atoms with van der Waals surface area (Å²) in [6.07, 6.45) is 1.05. The first-order valence-corrected chi connectivity index (χ1v) is 7.47. The number of hydrogen-bond donors (Lipinski definition) is 2. The van der Waals surface area contributed by atoms with E-state index in [2.05, 4.69) is 22.5 Å². The quantitative estimate of drug-likeness (QED) is 0.600. The van der Waals surface area contributed by atoms with Crippen LogP contribution in [0, 0.1) is 0 Å². The first-order valence-electron chi connectivity index (χ1n) is 7.09. The van der Waals surface area contributed by atoms with E-state index in [1.165, 1.54) is 0 Å². The van der Waals surface area contributed by atoms with Crippen molar-refractivity contribution < 1.29 is 9.47 Å². The minimum Gasteiger partial charge on any atom is -0.493 e. The molecule has 0 fully saturated rings. The number of methoxy groups -OCH3 is 1. The fourth-order valence-electron chi connectivity index (χ4n) is 1.81. The van der Waals surface area contributed by atoms with E-state index in [1.54, 1.807) is 14.2 Å². The minimum absolute atomic E-state index is 0.543. The molecular weight excluding hydrogens is 290 g/mol. The van der Waals surface area contributed by atoms with Gasteiger partial charge in [0.1, 0.15) is 0 Å². The van der Waals surface area contributed by atoms with Gasteiger partial charge < -0.3 is 20.1 Å². The molecule has 21 heavy (non-hydrogen) atoms. The summed E-state index contributed by atoms with van der Waals surface area (Å²) in [6, 6.07) is 3.78. The van der Waals surface area contributed by atoms with Crippen molar-refractivity contribution >= 4 is 17.6 Å². The van der Waals surface area contributed by atoms with Crippen LogP contribution in [0.1, 0.15) is 25.8 Å². The lowest BCUT2D eigenvalue weighted by Crippen LogP contribution is -2.37. The number of hydrogen-bond acceptors (Lipinski definition) is 3. The van der Waals surface area contributed by atoms with E-state index in [0.29, 0.717) is 29.7 Å². The molecule has 0 aliphatic heterocycles. The van der Waals surface area contributed by atoms with E-state index < -0.39 is 0 Å². The second kappa shape index (κ2) is 9.34. The van der Waals surface area contributed by atoms with Crippen LogP contribution in [-0.4, -0.2) is 33.3 Å². The molecule has 2 N–H and O–H groups in total. The first kappa shape index (κ1) is 17.4. The van der Waals surface area contributed by atoms with E-state index in [0.717, 1.165) is 24.5 Å². The second-order valence-electron chi connectivity index (χ2n) is 4.39. The van der Waals surface area contributed by atoms with Crippen molar-refractivity contribution in [2.45, 2.75) is 26.8 Å². The Labute approximate surface area is 131 Å². The van der Waals surface area contributed by atoms with Crippen LogP contribution >= 0.6 is 11.6 Å². The molecule has 0 saturated carbocycles. The van der Waals surface area contributed by atoms with Crippen LogP contribution in [0.3, 0.4) is 0 Å². The summed E-state index contributed by atoms with van der Waals surface area (Å²) in [5, 5.41) is 6.99. The predicted octanol–water partition coefficient (Wildman–Crippen LogP) is 2.82. The molecule has 6 heteroatoms. The highest BCUT2D eigenvalue weighted by Crippen LogP contribution is 2.36. The highest BCUT2D eigenvalue weighted by atomic mass is 35.5. The van der Waals surface area contributed by atoms with Crippen molar-refractivity contribution in [3.8, 4) is 11.5 Å². The summed E-state index contributed by atoms with van der Waals surface area (Å²) in [7, 11) is 3.35. The van der Waals surface area contributed by atoms with Crippen LogP contribution in [0.25, 0.3) is 0 Å². The van der Waals surface area contributed by atoms with Crippen molar-refractivity contribution in [3.63, 3.8) is 0 Å². The number of benzene rings is 1. The first-order chi connectivity index (χ1) is 10.2. The van der Waals surface area contributed by atoms with Gasteiger partial charge in [0.15, 0.2) is 17.5 Å². The Hall–Kier alpha value is -1.62. The molecule has 118 valence electrons. The average Bonchev–Trinajstić information content (AvgIpc) is 2.49. The van der Waals surface area contributed by atoms with Gasteiger partial charge >= 0.3 is 0 Å². The molecule has 0 spiro atoms. The fourth-order valence-corrected chi connectivity index (χ4v) is 2.10. The molecule has 5 nitrogen and oxygen atoms in total. The molecule has 1 aromatic rings. The molecule has 0 atom stereocenters. The van der Waals surface area contributed by atoms with Gasteiger partial charge in [0.05, 0.1) is 18.7 Å². The van der Waals surface area contributed by atoms with Crippen molar-refractivity contribution in [2.75, 3.05) is 27.3 Å². The van der Waals surface area contributed by atoms with Gasteiger partial charge in [-0.25, -0.2) is 0 Å². The lowest BCUT2D eigenvalue weighted by molar-refractivity contribution is 0.311. The third-order valence-electron chi connectivity index (χ3n) is 2.80. The van der Waals surface area contributed by atoms with E-state index >= 15 is 0 Å². The van der Waals surface area contributed by atoms with Gasteiger partial charge in [-0.2, -0.15) is 0 Å². The number of halogens is 1. The molecular formula is C15H24ClN3O2. The van der Waals surface area contributed by atoms with E-state index in [1.807, 2.05) is 19.1 Å². The molecule has 0 heterocycles. The number of nitrogens with zero attached hydrogens (tertiary/aromatic N) is 1. The summed E-state index contributed by atoms with van der Waals surface area (Å²) in [5.41, 5.74) is 1.000. The molecule has 1 aromatic carbocycles. The summed E-state index contributed by atoms with van der Waals surface area (Å²) >= 11 is 6.25. The van der Waals surface area contributed by atoms with Gasteiger partial charge in [0, 0.05) is 20.1 Å². The standard InChI is InChI=1S/C15H24ClN3O2/c1-5-7-18-15(17-3)19-10-11-8-12(16)14(21-6-2)13(9-11)20-4/h8-9H,5-7,10H2,1-4H3,(H2,17,18,19). The van der Waals surface area contributed by atoms with Gasteiger partial charge in [0.25, 0.3) is 0 Å². The van der Waals surface area contributed by atoms with Crippen LogP contribution in [-0.2, 0) is 6.54 Å². The average molecular weight is 314 g/mol. The molecule has 0 radical (unpaired) electrons. The Morgan fingerprint density at radius 1 is 1.29 bits per heavy atom. The lowest BCUT2D eigenvalue weighted by Gasteiger charge is -2.15. The van der Waals surface area contributed by atoms with Gasteiger partial charge in [-0.15, -0.1) is 0 Å². The van der Waals surface area contributed by atoms with Gasteiger partial charge in [-0.3, -0.25) is 4.99 Å². The summed E-state index contributed by atoms with van der Waals surface area (Å²) in [5.74, 6) is 1.98. The zero-order chi connectivity index (χ0) is 15.7. The maximum atomic E-state index is 6.25. The van der Waals surface area contributed by atoms with Crippen LogP contribution in [0.15, 0.2) is 17.1 Å². The predicted molar refractivity (Wildman–Crippen MR) is 87.7 cm³/mol. The van der Waals surface area contributed by atoms with Crippen molar-refractivity contribution in [2.24, 2.45) is 4.99 Å². The molecule has 0 aliphatic rings. The molecule has 1 rings (SSSR count). The Morgan fingerprint density at radius 3 is 2.62 bits per heavy atom. The highest BCUT2D eigenvalue weighted by Gasteiger charge is 2.11. The zero-order valence-corrected chi connectivity index (χ0v) is 13.9. The molecule has 0 aliphatic carbocycles. The van der Waals surface area contributed by atoms with Crippen molar-refractivity contribution in [1.82, 2.24) is 10.6 Å². The van der Waals surface area contributed by atoms with E-state index in [4.69, 9.17) is 21.1 Å². The van der Waals surface area contributed by atoms with Crippen LogP contribution in [0.5, 0.6) is 11.5 Å². The van der Waals surface area contributed by atoms with Gasteiger partial charge in [-0.05, 0) is 31.0 Å². The maximum Gasteiger partial charge on any atom is 0.191 e. The minimum atomic E-state index is 0.543. The van der Waals surface area contributed by atoms with Gasteiger partial charge in [0.2, 0.25) is 0 Å². The Morgan fingerprint density at radius 2 is 2.05 bits per heavy atom. The smallest absolute Gasteiger partial charge is 0.191 e. The molecule has 0 saturated heterocycles. The Kier molecular flexibility index (Phi) is 7.75. The largest absolute Gasteiger partial charge is 0.493 e. The van der Waals surface area contributed by atoms with Gasteiger partial charge in [-0.1, -0.05) is 18.5 Å². The summed E-state index contributed by atoms with van der Waals surface area (Å²) < 4.78 is 10.8. The van der Waals surface area contributed by atoms with E-state index in [9.17, 15) is 0 Å². The third-order valence-corrected chi connectivity index (χ3v) is 3.08. The number of ether oxygens (including phenoxy) is 2. The van der Waals surface area contributed by atoms with Crippen LogP contribution in [0.2, 0.25) is 5.02 Å². The zero-order valence-electron chi connectivity index (χ0n) is 13.1. The van der Waals surface area contributed by atoms with Crippen molar-refractivity contribution in [3.05, 3.63) is 22.7 Å². The Balaban J connectivity index is 2.78. The monoisotopic (exact) mass is 313 g/mol. The Bertz CT molecular complexity index is 478. The third kappa shape index (κ3) is 5.34. The van der Waals surface area contributed by atoms with E-state index in [-0.39, 0.29) is 0 Å². The highest BCUT2D eigenvalue weighted by molar-refractivity contribution is 6.32. The molecule has 0 aromatic heterocycles. The second-order valence-corrected chi connectivity index (χ2v) is 4.80. The SMILES string of the molecule is CCCNC(=NC)NCc1cc(Cl)c(OCC)c(OC)c1.